The van der Waals surface area contributed by atoms with Crippen molar-refractivity contribution in [3.8, 4) is 0 Å². The monoisotopic (exact) mass is 248 g/mol. The first kappa shape index (κ1) is 12.7. The number of aliphatic carboxylic acids is 1. The maximum Gasteiger partial charge on any atom is 0.322 e. The van der Waals surface area contributed by atoms with Crippen molar-refractivity contribution in [1.82, 2.24) is 15.0 Å². The molecule has 0 radical (unpaired) electrons. The molecule has 3 atom stereocenters. The van der Waals surface area contributed by atoms with Crippen LogP contribution >= 0.6 is 0 Å². The van der Waals surface area contributed by atoms with Gasteiger partial charge in [-0.15, -0.1) is 5.10 Å². The maximum absolute atomic E-state index is 11.2. The number of nitrogens with two attached hydrogens (primary N) is 1. The van der Waals surface area contributed by atoms with Crippen LogP contribution < -0.4 is 5.73 Å². The van der Waals surface area contributed by atoms with Crippen molar-refractivity contribution < 1.29 is 18.7 Å². The maximum atomic E-state index is 11.2. The molecule has 0 aliphatic heterocycles. The zero-order valence-electron chi connectivity index (χ0n) is 8.48. The van der Waals surface area contributed by atoms with Gasteiger partial charge in [-0.05, 0) is 6.92 Å². The van der Waals surface area contributed by atoms with Gasteiger partial charge in [-0.25, -0.2) is 4.21 Å². The molecule has 0 amide bonds. The lowest BCUT2D eigenvalue weighted by atomic mass is 10.0. The molecule has 0 spiro atoms. The molecular formula is C7H12N4O4S. The van der Waals surface area contributed by atoms with Gasteiger partial charge in [0.1, 0.15) is 10.8 Å². The quantitative estimate of drug-likeness (QED) is 0.550. The average Bonchev–Trinajstić information content (AvgIpc) is 2.68. The second-order valence-corrected chi connectivity index (χ2v) is 4.91. The summed E-state index contributed by atoms with van der Waals surface area (Å²) in [6.07, 6.45) is 2.84. The Balaban J connectivity index is 2.97. The highest BCUT2D eigenvalue weighted by molar-refractivity contribution is 7.80. The van der Waals surface area contributed by atoms with Crippen LogP contribution in [0.5, 0.6) is 0 Å². The van der Waals surface area contributed by atoms with Gasteiger partial charge >= 0.3 is 5.97 Å². The van der Waals surface area contributed by atoms with Crippen LogP contribution in [0.2, 0.25) is 0 Å². The van der Waals surface area contributed by atoms with Crippen LogP contribution in [0.25, 0.3) is 0 Å². The van der Waals surface area contributed by atoms with E-state index in [9.17, 15) is 9.00 Å². The average molecular weight is 248 g/mol. The number of rotatable bonds is 5. The van der Waals surface area contributed by atoms with Gasteiger partial charge in [-0.1, -0.05) is 5.21 Å². The summed E-state index contributed by atoms with van der Waals surface area (Å²) < 4.78 is 20.1. The van der Waals surface area contributed by atoms with Crippen molar-refractivity contribution in [1.29, 1.82) is 0 Å². The number of hydrogen-bond acceptors (Lipinski definition) is 5. The Kier molecular flexibility index (Phi) is 3.73. The van der Waals surface area contributed by atoms with Gasteiger partial charge in [0.05, 0.1) is 12.7 Å². The number of carboxylic acid groups (broad SMARTS) is 1. The van der Waals surface area contributed by atoms with E-state index in [-0.39, 0.29) is 6.54 Å². The molecule has 1 aromatic rings. The Hall–Kier alpha value is -1.32. The van der Waals surface area contributed by atoms with E-state index in [0.717, 1.165) is 0 Å². The van der Waals surface area contributed by atoms with Gasteiger partial charge in [-0.2, -0.15) is 0 Å². The first-order chi connectivity index (χ1) is 7.38. The molecule has 1 aromatic heterocycles. The van der Waals surface area contributed by atoms with Gasteiger partial charge in [-0.3, -0.25) is 9.48 Å². The lowest BCUT2D eigenvalue weighted by Crippen LogP contribution is -2.55. The Morgan fingerprint density at radius 3 is 2.75 bits per heavy atom. The van der Waals surface area contributed by atoms with Gasteiger partial charge in [0, 0.05) is 6.20 Å². The van der Waals surface area contributed by atoms with E-state index < -0.39 is 27.8 Å². The summed E-state index contributed by atoms with van der Waals surface area (Å²) in [5, 5.41) is 15.9. The van der Waals surface area contributed by atoms with E-state index in [4.69, 9.17) is 15.4 Å². The molecule has 8 nitrogen and oxygen atoms in total. The molecule has 1 rings (SSSR count). The molecule has 0 saturated carbocycles. The molecule has 0 aliphatic carbocycles. The minimum atomic E-state index is -2.40. The molecule has 1 heterocycles. The molecule has 90 valence electrons. The van der Waals surface area contributed by atoms with Gasteiger partial charge in [0.15, 0.2) is 11.1 Å². The zero-order valence-corrected chi connectivity index (χ0v) is 9.29. The highest BCUT2D eigenvalue weighted by Crippen LogP contribution is 2.19. The fourth-order valence-electron chi connectivity index (χ4n) is 1.16. The standard InChI is InChI=1S/C7H12N4O4S/c1-7(16(14)15,5(8)6(12)13)4-11-3-2-9-10-11/h2-3,5H,4,8H2,1H3,(H,12,13)(H,14,15)/t5-,7+/m1/s1. The van der Waals surface area contributed by atoms with Gasteiger partial charge < -0.3 is 15.4 Å². The molecule has 0 aliphatic rings. The first-order valence-corrected chi connectivity index (χ1v) is 5.42. The van der Waals surface area contributed by atoms with E-state index in [1.807, 2.05) is 0 Å². The zero-order chi connectivity index (χ0) is 12.3. The summed E-state index contributed by atoms with van der Waals surface area (Å²) in [7, 11) is 0. The van der Waals surface area contributed by atoms with Crippen LogP contribution in [-0.2, 0) is 22.4 Å². The minimum Gasteiger partial charge on any atom is -0.480 e. The van der Waals surface area contributed by atoms with Crippen molar-refractivity contribution in [3.05, 3.63) is 12.4 Å². The van der Waals surface area contributed by atoms with Gasteiger partial charge in [0.25, 0.3) is 0 Å². The predicted octanol–water partition coefficient (Wildman–Crippen LogP) is -1.33. The third kappa shape index (κ3) is 2.43. The van der Waals surface area contributed by atoms with E-state index >= 15 is 0 Å². The highest BCUT2D eigenvalue weighted by Gasteiger charge is 2.43. The van der Waals surface area contributed by atoms with Crippen molar-refractivity contribution in [2.24, 2.45) is 5.73 Å². The van der Waals surface area contributed by atoms with Crippen LogP contribution in [-0.4, -0.2) is 45.6 Å². The SMILES string of the molecule is C[C@](Cn1ccnn1)([C@H](N)C(=O)O)S(=O)O. The van der Waals surface area contributed by atoms with Crippen molar-refractivity contribution in [2.45, 2.75) is 24.3 Å². The fourth-order valence-corrected chi connectivity index (χ4v) is 1.72. The molecule has 9 heteroatoms. The molecule has 0 saturated heterocycles. The van der Waals surface area contributed by atoms with Crippen molar-refractivity contribution in [3.63, 3.8) is 0 Å². The third-order valence-corrected chi connectivity index (χ3v) is 3.45. The molecule has 0 fully saturated rings. The smallest absolute Gasteiger partial charge is 0.322 e. The second kappa shape index (κ2) is 4.68. The summed E-state index contributed by atoms with van der Waals surface area (Å²) in [5.41, 5.74) is 5.40. The lowest BCUT2D eigenvalue weighted by Gasteiger charge is -2.28. The van der Waals surface area contributed by atoms with Crippen LogP contribution in [0.1, 0.15) is 6.92 Å². The van der Waals surface area contributed by atoms with Gasteiger partial charge in [0.2, 0.25) is 0 Å². The second-order valence-electron chi connectivity index (χ2n) is 3.48. The van der Waals surface area contributed by atoms with Crippen molar-refractivity contribution >= 4 is 17.0 Å². The molecule has 4 N–H and O–H groups in total. The number of carbonyl (C=O) groups is 1. The van der Waals surface area contributed by atoms with Crippen LogP contribution in [0, 0.1) is 0 Å². The Bertz CT molecular complexity index is 395. The van der Waals surface area contributed by atoms with Crippen LogP contribution in [0.3, 0.4) is 0 Å². The minimum absolute atomic E-state index is 0.108. The third-order valence-electron chi connectivity index (χ3n) is 2.27. The molecular weight excluding hydrogens is 236 g/mol. The normalized spacial score (nSPS) is 18.7. The Labute approximate surface area is 93.7 Å². The predicted molar refractivity (Wildman–Crippen MR) is 54.8 cm³/mol. The van der Waals surface area contributed by atoms with E-state index in [1.54, 1.807) is 0 Å². The van der Waals surface area contributed by atoms with E-state index in [2.05, 4.69) is 10.3 Å². The fraction of sp³-hybridized carbons (Fsp3) is 0.571. The Morgan fingerprint density at radius 1 is 1.75 bits per heavy atom. The largest absolute Gasteiger partial charge is 0.480 e. The molecule has 0 bridgehead atoms. The number of nitrogens with zero attached hydrogens (tertiary/aromatic N) is 3. The summed E-state index contributed by atoms with van der Waals surface area (Å²) in [6, 6.07) is -1.47. The van der Waals surface area contributed by atoms with E-state index in [0.29, 0.717) is 0 Å². The van der Waals surface area contributed by atoms with Crippen molar-refractivity contribution in [2.75, 3.05) is 0 Å². The summed E-state index contributed by atoms with van der Waals surface area (Å²) in [4.78, 5) is 10.8. The van der Waals surface area contributed by atoms with Crippen LogP contribution in [0.4, 0.5) is 0 Å². The summed E-state index contributed by atoms with van der Waals surface area (Å²) >= 11 is -2.40. The van der Waals surface area contributed by atoms with E-state index in [1.165, 1.54) is 24.0 Å². The summed E-state index contributed by atoms with van der Waals surface area (Å²) in [5.74, 6) is -1.34. The topological polar surface area (TPSA) is 131 Å². The number of hydrogen-bond donors (Lipinski definition) is 3. The summed E-state index contributed by atoms with van der Waals surface area (Å²) in [6.45, 7) is 1.20. The Morgan fingerprint density at radius 2 is 2.38 bits per heavy atom. The lowest BCUT2D eigenvalue weighted by molar-refractivity contribution is -0.139. The molecule has 1 unspecified atom stereocenters. The molecule has 0 aromatic carbocycles. The van der Waals surface area contributed by atoms with Crippen LogP contribution in [0.15, 0.2) is 12.4 Å². The first-order valence-electron chi connectivity index (χ1n) is 4.31. The molecule has 16 heavy (non-hydrogen) atoms. The number of carboxylic acids is 1. The number of aromatic nitrogens is 3. The highest BCUT2D eigenvalue weighted by atomic mass is 32.2.